The molecule has 7 unspecified atom stereocenters. The monoisotopic (exact) mass is 2050 g/mol. The van der Waals surface area contributed by atoms with Crippen molar-refractivity contribution < 1.29 is 100 Å². The van der Waals surface area contributed by atoms with Gasteiger partial charge in [-0.3, -0.25) is 57.5 Å². The van der Waals surface area contributed by atoms with Crippen LogP contribution in [0.4, 0.5) is 0 Å². The van der Waals surface area contributed by atoms with Crippen LogP contribution in [0.1, 0.15) is 196 Å². The van der Waals surface area contributed by atoms with Crippen LogP contribution in [0.2, 0.25) is 0 Å². The van der Waals surface area contributed by atoms with Crippen molar-refractivity contribution >= 4 is 209 Å². The summed E-state index contributed by atoms with van der Waals surface area (Å²) >= 11 is 68.7. The second-order valence-corrected chi connectivity index (χ2v) is 37.0. The van der Waals surface area contributed by atoms with Crippen LogP contribution in [0.3, 0.4) is 0 Å². The molecule has 39 heteroatoms. The molecule has 0 saturated carbocycles. The molecule has 0 bridgehead atoms. The van der Waals surface area contributed by atoms with Crippen molar-refractivity contribution in [3.05, 3.63) is 0 Å². The molecule has 0 aliphatic heterocycles. The third-order valence-corrected chi connectivity index (χ3v) is 22.9. The van der Waals surface area contributed by atoms with E-state index < -0.39 is 16.2 Å². The number of Topliss-reactive ketones (excluding diaryl/α,β-unsaturated/α-hetero) is 6. The Hall–Kier alpha value is -2.04. The molecule has 0 heterocycles. The molecule has 127 heavy (non-hydrogen) atoms. The summed E-state index contributed by atoms with van der Waals surface area (Å²) in [5.74, 6) is 1.98. The van der Waals surface area contributed by atoms with Crippen LogP contribution < -0.4 is 31.9 Å². The topological polar surface area (TPSA) is 360 Å². The van der Waals surface area contributed by atoms with E-state index in [0.717, 1.165) is 0 Å². The van der Waals surface area contributed by atoms with E-state index in [1.807, 2.05) is 27.7 Å². The molecule has 6 amide bonds. The van der Waals surface area contributed by atoms with Crippen LogP contribution >= 0.6 is 139 Å². The van der Waals surface area contributed by atoms with Crippen LogP contribution in [-0.4, -0.2) is 299 Å². The molecule has 0 radical (unpaired) electrons. The van der Waals surface area contributed by atoms with E-state index in [1.165, 1.54) is 0 Å². The lowest BCUT2D eigenvalue weighted by Crippen LogP contribution is -2.41. The van der Waals surface area contributed by atoms with Gasteiger partial charge in [-0.25, -0.2) is 0 Å². The van der Waals surface area contributed by atoms with Gasteiger partial charge in [0, 0.05) is 286 Å². The quantitative estimate of drug-likeness (QED) is 0.0243. The number of halogens is 12. The Morgan fingerprint density at radius 3 is 0.850 bits per heavy atom. The Morgan fingerprint density at radius 2 is 0.520 bits per heavy atom. The van der Waals surface area contributed by atoms with Crippen molar-refractivity contribution in [1.82, 2.24) is 31.9 Å². The van der Waals surface area contributed by atoms with E-state index in [4.69, 9.17) is 182 Å². The predicted molar refractivity (Wildman–Crippen MR) is 512 cm³/mol. The molecule has 0 aromatic heterocycles. The average Bonchev–Trinajstić information content (AvgIpc) is 0.870. The number of nitrogens with one attached hydrogen (secondary N) is 6. The zero-order valence-corrected chi connectivity index (χ0v) is 85.4. The maximum atomic E-state index is 13.1. The SMILES string of the molecule is CC(CCC(=O)CCCl)COCC(COCC(C)CNC(=O)CCCl)(COCC(C)CNC(=O)CCCl)CC(=O)CCCl.CC(CCl)C(=O)CCCCOCC(COCCCNC(=O)C(C)CCl)(COCCCNC(=O)C(C)CCl)CC(=O)C(C)CCl.O=C(CCCl)CCCCOCC(COCCCNC(=O)CCCl)(COCCCNC(=O)CCCl)CC(=O)CCCl. The number of hydrogen-bond donors (Lipinski definition) is 6. The maximum absolute atomic E-state index is 13.1. The van der Waals surface area contributed by atoms with Gasteiger partial charge >= 0.3 is 0 Å². The van der Waals surface area contributed by atoms with Gasteiger partial charge in [0.2, 0.25) is 35.4 Å². The van der Waals surface area contributed by atoms with E-state index in [9.17, 15) is 57.5 Å². The number of ketones is 6. The molecule has 0 rings (SSSR count). The van der Waals surface area contributed by atoms with E-state index in [0.29, 0.717) is 206 Å². The van der Waals surface area contributed by atoms with Crippen LogP contribution in [0.5, 0.6) is 0 Å². The van der Waals surface area contributed by atoms with Gasteiger partial charge < -0.3 is 74.5 Å². The highest BCUT2D eigenvalue weighted by Crippen LogP contribution is 2.31. The molecule has 0 fully saturated rings. The number of ether oxygens (including phenoxy) is 9. The highest BCUT2D eigenvalue weighted by Gasteiger charge is 2.38. The van der Waals surface area contributed by atoms with Crippen LogP contribution in [0.25, 0.3) is 0 Å². The number of carbonyl (C=O) groups excluding carboxylic acids is 12. The van der Waals surface area contributed by atoms with Crippen molar-refractivity contribution in [2.75, 3.05) is 229 Å². The standard InChI is InChI=1S/C31H54Cl4N2O7.C30H52Cl4N2O7.C27H46Cl4N2O7/c1-23(16-32)27(38)9-5-6-12-42-20-31(15-28(39)24(2)17-33,21-43-13-7-10-36-29(40)25(3)18-34)22-44-14-8-11-37-30(41)26(4)19-35;1-23(4-5-26(37)6-10-31)17-41-20-30(14-27(38)7-11-32,21-42-18-24(2)15-35-28(39)8-12-33)22-43-19-25(3)16-36-29(40)9-13-34;28-10-6-23(34)5-1-2-16-38-20-27(19-24(35)7-11-29,21-39-17-3-14-32-25(36)8-12-30)22-40-18-4-15-33-26(37)9-13-31/h23-26H,5-22H2,1-4H3,(H,36,40)(H,37,41);23-25H,4-22H2,1-3H3,(H,35,39)(H,36,40);1-22H2,(H,32,36)(H,33,37). The maximum Gasteiger partial charge on any atom is 0.224 e. The van der Waals surface area contributed by atoms with E-state index >= 15 is 0 Å². The average molecular weight is 2060 g/mol. The van der Waals surface area contributed by atoms with E-state index in [2.05, 4.69) is 31.9 Å². The molecule has 0 aromatic rings. The fraction of sp³-hybridized carbons (Fsp3) is 0.864. The largest absolute Gasteiger partial charge is 0.381 e. The van der Waals surface area contributed by atoms with Gasteiger partial charge in [-0.05, 0) is 75.5 Å². The van der Waals surface area contributed by atoms with Gasteiger partial charge in [0.1, 0.15) is 34.7 Å². The first-order valence-corrected chi connectivity index (χ1v) is 50.9. The summed E-state index contributed by atoms with van der Waals surface area (Å²) in [5, 5.41) is 16.9. The predicted octanol–water partition coefficient (Wildman–Crippen LogP) is 14.5. The van der Waals surface area contributed by atoms with Gasteiger partial charge in [0.25, 0.3) is 0 Å². The Bertz CT molecular complexity index is 2660. The summed E-state index contributed by atoms with van der Waals surface area (Å²) in [6.45, 7) is 21.1. The van der Waals surface area contributed by atoms with Gasteiger partial charge in [0.05, 0.1) is 72.7 Å². The number of hydrogen-bond acceptors (Lipinski definition) is 21. The number of amides is 6. The highest BCUT2D eigenvalue weighted by atomic mass is 35.5. The molecular weight excluding hydrogens is 1900 g/mol. The first-order valence-electron chi connectivity index (χ1n) is 44.4. The van der Waals surface area contributed by atoms with Crippen molar-refractivity contribution in [3.8, 4) is 0 Å². The molecule has 7 atom stereocenters. The molecule has 6 N–H and O–H groups in total. The first-order chi connectivity index (χ1) is 60.8. The number of alkyl halides is 12. The van der Waals surface area contributed by atoms with Crippen molar-refractivity contribution in [2.45, 2.75) is 196 Å². The molecule has 0 saturated heterocycles. The van der Waals surface area contributed by atoms with Gasteiger partial charge in [-0.1, -0.05) is 48.5 Å². The fourth-order valence-corrected chi connectivity index (χ4v) is 13.8. The number of rotatable bonds is 87. The Labute approximate surface area is 817 Å². The third kappa shape index (κ3) is 74.8. The molecule has 0 aromatic carbocycles. The van der Waals surface area contributed by atoms with Gasteiger partial charge in [-0.15, -0.1) is 139 Å². The summed E-state index contributed by atoms with van der Waals surface area (Å²) in [5.41, 5.74) is -2.28. The number of carbonyl (C=O) groups is 12. The lowest BCUT2D eigenvalue weighted by Gasteiger charge is -2.34. The first kappa shape index (κ1) is 129. The van der Waals surface area contributed by atoms with Crippen LogP contribution in [-0.2, 0) is 100 Å². The highest BCUT2D eigenvalue weighted by molar-refractivity contribution is 6.22. The zero-order chi connectivity index (χ0) is 95.8. The van der Waals surface area contributed by atoms with Crippen molar-refractivity contribution in [2.24, 2.45) is 57.7 Å². The van der Waals surface area contributed by atoms with Crippen molar-refractivity contribution in [1.29, 1.82) is 0 Å². The van der Waals surface area contributed by atoms with E-state index in [1.54, 1.807) is 20.8 Å². The summed E-state index contributed by atoms with van der Waals surface area (Å²) in [6, 6.07) is 0. The Balaban J connectivity index is -0.00000182. The summed E-state index contributed by atoms with van der Waals surface area (Å²) in [7, 11) is 0. The second kappa shape index (κ2) is 86.8. The molecule has 0 aliphatic carbocycles. The molecule has 0 spiro atoms. The Morgan fingerprint density at radius 1 is 0.252 bits per heavy atom. The Kier molecular flexibility index (Phi) is 88.2. The minimum atomic E-state index is -0.777. The van der Waals surface area contributed by atoms with Gasteiger partial charge in [0.15, 0.2) is 0 Å². The molecule has 744 valence electrons. The van der Waals surface area contributed by atoms with Gasteiger partial charge in [-0.2, -0.15) is 0 Å². The van der Waals surface area contributed by atoms with Crippen molar-refractivity contribution in [3.63, 3.8) is 0 Å². The van der Waals surface area contributed by atoms with Crippen LogP contribution in [0, 0.1) is 57.7 Å². The third-order valence-electron chi connectivity index (χ3n) is 19.5. The normalized spacial score (nSPS) is 14.0. The summed E-state index contributed by atoms with van der Waals surface area (Å²) in [4.78, 5) is 145. The second-order valence-electron chi connectivity index (χ2n) is 32.8. The summed E-state index contributed by atoms with van der Waals surface area (Å²) in [6.07, 6.45) is 9.86. The lowest BCUT2D eigenvalue weighted by atomic mass is 9.82. The van der Waals surface area contributed by atoms with Crippen LogP contribution in [0.15, 0.2) is 0 Å². The van der Waals surface area contributed by atoms with E-state index in [-0.39, 0.29) is 282 Å². The summed E-state index contributed by atoms with van der Waals surface area (Å²) < 4.78 is 54.3. The minimum absolute atomic E-state index is 0.0129. The molecule has 0 aliphatic rings. The number of unbranched alkanes of at least 4 members (excludes halogenated alkanes) is 2. The molecule has 27 nitrogen and oxygen atoms in total. The zero-order valence-electron chi connectivity index (χ0n) is 76.4. The lowest BCUT2D eigenvalue weighted by molar-refractivity contribution is -0.132. The smallest absolute Gasteiger partial charge is 0.224 e. The molecular formula is C88H152Cl12N6O21. The minimum Gasteiger partial charge on any atom is -0.381 e. The fourth-order valence-electron chi connectivity index (χ4n) is 11.6.